The standard InChI is InChI=1S/C12H6BrClF4N2/c13-8-2-1-6(12(16,17)18)3-10(8)20-11-9(15)4-7(14)5-19-11/h1-5H,(H,19,20). The van der Waals surface area contributed by atoms with Crippen molar-refractivity contribution in [1.82, 2.24) is 4.98 Å². The molecule has 2 nitrogen and oxygen atoms in total. The van der Waals surface area contributed by atoms with Gasteiger partial charge in [-0.2, -0.15) is 13.2 Å². The Morgan fingerprint density at radius 1 is 1.20 bits per heavy atom. The molecule has 1 N–H and O–H groups in total. The zero-order valence-corrected chi connectivity index (χ0v) is 11.9. The predicted octanol–water partition coefficient (Wildman–Crippen LogP) is 5.40. The Labute approximate surface area is 124 Å². The third-order valence-electron chi connectivity index (χ3n) is 2.35. The van der Waals surface area contributed by atoms with Gasteiger partial charge in [0.1, 0.15) is 0 Å². The van der Waals surface area contributed by atoms with Crippen molar-refractivity contribution < 1.29 is 17.6 Å². The van der Waals surface area contributed by atoms with Crippen LogP contribution in [0.2, 0.25) is 5.02 Å². The number of hydrogen-bond acceptors (Lipinski definition) is 2. The maximum atomic E-state index is 13.6. The Bertz CT molecular complexity index is 646. The smallest absolute Gasteiger partial charge is 0.337 e. The number of benzene rings is 1. The molecule has 1 aromatic carbocycles. The summed E-state index contributed by atoms with van der Waals surface area (Å²) in [5.74, 6) is -0.976. The van der Waals surface area contributed by atoms with Crippen molar-refractivity contribution in [3.8, 4) is 0 Å². The molecule has 0 bridgehead atoms. The first-order chi connectivity index (χ1) is 9.27. The highest BCUT2D eigenvalue weighted by molar-refractivity contribution is 9.10. The molecule has 2 aromatic rings. The number of nitrogens with one attached hydrogen (secondary N) is 1. The van der Waals surface area contributed by atoms with Gasteiger partial charge in [0.15, 0.2) is 11.6 Å². The van der Waals surface area contributed by atoms with Gasteiger partial charge in [-0.25, -0.2) is 9.37 Å². The van der Waals surface area contributed by atoms with E-state index in [1.165, 1.54) is 12.3 Å². The fraction of sp³-hybridized carbons (Fsp3) is 0.0833. The van der Waals surface area contributed by atoms with Crippen LogP contribution in [-0.2, 0) is 6.18 Å². The second-order valence-corrected chi connectivity index (χ2v) is 5.09. The normalized spacial score (nSPS) is 11.5. The molecule has 0 atom stereocenters. The number of hydrogen-bond donors (Lipinski definition) is 1. The van der Waals surface area contributed by atoms with E-state index in [0.717, 1.165) is 18.2 Å². The van der Waals surface area contributed by atoms with Crippen molar-refractivity contribution in [2.45, 2.75) is 6.18 Å². The van der Waals surface area contributed by atoms with Crippen molar-refractivity contribution in [2.24, 2.45) is 0 Å². The maximum absolute atomic E-state index is 13.6. The summed E-state index contributed by atoms with van der Waals surface area (Å²) < 4.78 is 51.8. The molecule has 106 valence electrons. The van der Waals surface area contributed by atoms with E-state index in [-0.39, 0.29) is 16.5 Å². The lowest BCUT2D eigenvalue weighted by atomic mass is 10.2. The van der Waals surface area contributed by atoms with Crippen molar-refractivity contribution in [3.05, 3.63) is 51.3 Å². The molecule has 0 fully saturated rings. The van der Waals surface area contributed by atoms with E-state index in [0.29, 0.717) is 4.47 Å². The van der Waals surface area contributed by atoms with E-state index in [1.807, 2.05) is 0 Å². The summed E-state index contributed by atoms with van der Waals surface area (Å²) in [5.41, 5.74) is -0.800. The minimum atomic E-state index is -4.48. The molecule has 1 aromatic heterocycles. The number of aromatic nitrogens is 1. The average molecular weight is 370 g/mol. The van der Waals surface area contributed by atoms with Gasteiger partial charge < -0.3 is 5.32 Å². The minimum absolute atomic E-state index is 0.0496. The third-order valence-corrected chi connectivity index (χ3v) is 3.25. The molecular weight excluding hydrogens is 363 g/mol. The summed E-state index contributed by atoms with van der Waals surface area (Å²) in [7, 11) is 0. The molecule has 0 amide bonds. The molecule has 1 heterocycles. The molecule has 20 heavy (non-hydrogen) atoms. The SMILES string of the molecule is Fc1cc(Cl)cnc1Nc1cc(C(F)(F)F)ccc1Br. The largest absolute Gasteiger partial charge is 0.416 e. The zero-order valence-electron chi connectivity index (χ0n) is 9.60. The topological polar surface area (TPSA) is 24.9 Å². The van der Waals surface area contributed by atoms with Gasteiger partial charge in [0.25, 0.3) is 0 Å². The van der Waals surface area contributed by atoms with Gasteiger partial charge in [0.05, 0.1) is 16.3 Å². The van der Waals surface area contributed by atoms with Crippen LogP contribution in [0.25, 0.3) is 0 Å². The highest BCUT2D eigenvalue weighted by Gasteiger charge is 2.31. The molecule has 0 unspecified atom stereocenters. The van der Waals surface area contributed by atoms with Crippen LogP contribution in [0.5, 0.6) is 0 Å². The molecule has 2 rings (SSSR count). The van der Waals surface area contributed by atoms with E-state index < -0.39 is 17.6 Å². The number of pyridine rings is 1. The van der Waals surface area contributed by atoms with Crippen molar-refractivity contribution >= 4 is 39.0 Å². The lowest BCUT2D eigenvalue weighted by Crippen LogP contribution is -2.06. The lowest BCUT2D eigenvalue weighted by Gasteiger charge is -2.12. The fourth-order valence-corrected chi connectivity index (χ4v) is 1.92. The second kappa shape index (κ2) is 5.57. The van der Waals surface area contributed by atoms with Crippen LogP contribution in [0.1, 0.15) is 5.56 Å². The molecule has 0 saturated heterocycles. The summed E-state index contributed by atoms with van der Waals surface area (Å²) in [6, 6.07) is 4.01. The van der Waals surface area contributed by atoms with Crippen LogP contribution in [0.3, 0.4) is 0 Å². The first kappa shape index (κ1) is 15.1. The Balaban J connectivity index is 2.38. The fourth-order valence-electron chi connectivity index (χ4n) is 1.43. The second-order valence-electron chi connectivity index (χ2n) is 3.80. The van der Waals surface area contributed by atoms with Gasteiger partial charge >= 0.3 is 6.18 Å². The predicted molar refractivity (Wildman–Crippen MR) is 71.6 cm³/mol. The van der Waals surface area contributed by atoms with Gasteiger partial charge in [-0.05, 0) is 40.2 Å². The van der Waals surface area contributed by atoms with E-state index in [9.17, 15) is 17.6 Å². The molecular formula is C12H6BrClF4N2. The van der Waals surface area contributed by atoms with Gasteiger partial charge in [-0.1, -0.05) is 11.6 Å². The number of halogens is 6. The maximum Gasteiger partial charge on any atom is 0.416 e. The Morgan fingerprint density at radius 2 is 1.90 bits per heavy atom. The number of anilines is 2. The van der Waals surface area contributed by atoms with Crippen LogP contribution in [0.15, 0.2) is 34.9 Å². The molecule has 0 aliphatic heterocycles. The molecule has 0 radical (unpaired) electrons. The Morgan fingerprint density at radius 3 is 2.50 bits per heavy atom. The van der Waals surface area contributed by atoms with Crippen LogP contribution in [0.4, 0.5) is 29.1 Å². The Hall–Kier alpha value is -1.34. The van der Waals surface area contributed by atoms with Crippen LogP contribution in [-0.4, -0.2) is 4.98 Å². The van der Waals surface area contributed by atoms with Crippen LogP contribution < -0.4 is 5.32 Å². The van der Waals surface area contributed by atoms with Crippen molar-refractivity contribution in [2.75, 3.05) is 5.32 Å². The first-order valence-corrected chi connectivity index (χ1v) is 6.39. The van der Waals surface area contributed by atoms with E-state index in [2.05, 4.69) is 26.2 Å². The quantitative estimate of drug-likeness (QED) is 0.717. The lowest BCUT2D eigenvalue weighted by molar-refractivity contribution is -0.137. The first-order valence-electron chi connectivity index (χ1n) is 5.22. The highest BCUT2D eigenvalue weighted by atomic mass is 79.9. The van der Waals surface area contributed by atoms with Gasteiger partial charge in [-0.15, -0.1) is 0 Å². The molecule has 8 heteroatoms. The summed E-state index contributed by atoms with van der Waals surface area (Å²) in [6.07, 6.45) is -3.29. The molecule has 0 aliphatic rings. The number of alkyl halides is 3. The zero-order chi connectivity index (χ0) is 14.9. The third kappa shape index (κ3) is 3.40. The van der Waals surface area contributed by atoms with Crippen LogP contribution in [0, 0.1) is 5.82 Å². The van der Waals surface area contributed by atoms with E-state index in [4.69, 9.17) is 11.6 Å². The summed E-state index contributed by atoms with van der Waals surface area (Å²) in [4.78, 5) is 3.69. The number of rotatable bonds is 2. The average Bonchev–Trinajstić information content (AvgIpc) is 2.33. The van der Waals surface area contributed by atoms with Gasteiger partial charge in [0.2, 0.25) is 0 Å². The highest BCUT2D eigenvalue weighted by Crippen LogP contribution is 2.35. The number of nitrogens with zero attached hydrogens (tertiary/aromatic N) is 1. The van der Waals surface area contributed by atoms with Crippen molar-refractivity contribution in [1.29, 1.82) is 0 Å². The Kier molecular flexibility index (Phi) is 4.19. The van der Waals surface area contributed by atoms with Crippen LogP contribution >= 0.6 is 27.5 Å². The molecule has 0 spiro atoms. The summed E-state index contributed by atoms with van der Waals surface area (Å²) in [5, 5.41) is 2.58. The summed E-state index contributed by atoms with van der Waals surface area (Å²) in [6.45, 7) is 0. The molecule has 0 aliphatic carbocycles. The van der Waals surface area contributed by atoms with Crippen molar-refractivity contribution in [3.63, 3.8) is 0 Å². The molecule has 0 saturated carbocycles. The monoisotopic (exact) mass is 368 g/mol. The van der Waals surface area contributed by atoms with E-state index >= 15 is 0 Å². The van der Waals surface area contributed by atoms with Gasteiger partial charge in [0, 0.05) is 10.7 Å². The minimum Gasteiger partial charge on any atom is -0.337 e. The van der Waals surface area contributed by atoms with Gasteiger partial charge in [-0.3, -0.25) is 0 Å². The summed E-state index contributed by atoms with van der Waals surface area (Å²) >= 11 is 8.64. The van der Waals surface area contributed by atoms with E-state index in [1.54, 1.807) is 0 Å².